The molecule has 0 saturated heterocycles. The second-order valence-corrected chi connectivity index (χ2v) is 4.80. The van der Waals surface area contributed by atoms with Gasteiger partial charge in [0.15, 0.2) is 0 Å². The number of nitrogens with zero attached hydrogens (tertiary/aromatic N) is 1. The number of halogens is 1. The van der Waals surface area contributed by atoms with Crippen molar-refractivity contribution in [3.05, 3.63) is 27.8 Å². The van der Waals surface area contributed by atoms with Gasteiger partial charge in [-0.15, -0.1) is 0 Å². The summed E-state index contributed by atoms with van der Waals surface area (Å²) >= 11 is 6.05. The normalized spacial score (nSPS) is 11.0. The Balaban J connectivity index is 3.38. The van der Waals surface area contributed by atoms with Crippen molar-refractivity contribution in [1.29, 1.82) is 0 Å². The summed E-state index contributed by atoms with van der Waals surface area (Å²) < 4.78 is 0. The number of nitrogen functional groups attached to an aromatic ring is 1. The van der Waals surface area contributed by atoms with E-state index in [0.717, 1.165) is 24.2 Å². The Kier molecular flexibility index (Phi) is 5.63. The van der Waals surface area contributed by atoms with Crippen molar-refractivity contribution in [3.63, 3.8) is 0 Å². The lowest BCUT2D eigenvalue weighted by atomic mass is 9.96. The van der Waals surface area contributed by atoms with Gasteiger partial charge in [0.05, 0.1) is 16.3 Å². The number of benzene rings is 1. The molecule has 5 heteroatoms. The molecule has 1 rings (SSSR count). The number of nitrogens with two attached hydrogens (primary N) is 1. The Morgan fingerprint density at radius 3 is 2.32 bits per heavy atom. The van der Waals surface area contributed by atoms with Crippen LogP contribution in [0.3, 0.4) is 0 Å². The van der Waals surface area contributed by atoms with E-state index in [2.05, 4.69) is 18.7 Å². The molecule has 0 spiro atoms. The van der Waals surface area contributed by atoms with Crippen LogP contribution in [-0.2, 0) is 13.0 Å². The minimum Gasteiger partial charge on any atom is -0.478 e. The van der Waals surface area contributed by atoms with E-state index in [9.17, 15) is 9.90 Å². The number of carboxylic acid groups (broad SMARTS) is 1. The second kappa shape index (κ2) is 6.78. The Labute approximate surface area is 119 Å². The molecule has 0 aromatic heterocycles. The summed E-state index contributed by atoms with van der Waals surface area (Å²) in [6, 6.07) is 1.45. The van der Waals surface area contributed by atoms with E-state index in [1.807, 2.05) is 6.92 Å². The lowest BCUT2D eigenvalue weighted by molar-refractivity contribution is 0.0695. The van der Waals surface area contributed by atoms with Gasteiger partial charge < -0.3 is 10.8 Å². The first kappa shape index (κ1) is 15.8. The van der Waals surface area contributed by atoms with E-state index in [4.69, 9.17) is 17.3 Å². The number of carboxylic acids is 1. The van der Waals surface area contributed by atoms with E-state index in [1.165, 1.54) is 6.07 Å². The van der Waals surface area contributed by atoms with Crippen molar-refractivity contribution in [1.82, 2.24) is 4.90 Å². The molecule has 0 unspecified atom stereocenters. The van der Waals surface area contributed by atoms with Crippen molar-refractivity contribution in [2.45, 2.75) is 33.7 Å². The third-order valence-corrected chi connectivity index (χ3v) is 3.72. The molecule has 0 aliphatic carbocycles. The van der Waals surface area contributed by atoms with Crippen molar-refractivity contribution in [2.75, 3.05) is 18.8 Å². The molecule has 19 heavy (non-hydrogen) atoms. The van der Waals surface area contributed by atoms with Gasteiger partial charge in [0, 0.05) is 6.54 Å². The van der Waals surface area contributed by atoms with Crippen LogP contribution < -0.4 is 5.73 Å². The summed E-state index contributed by atoms with van der Waals surface area (Å²) in [5, 5.41) is 9.59. The number of aromatic carboxylic acids is 1. The summed E-state index contributed by atoms with van der Waals surface area (Å²) in [5.74, 6) is -0.959. The highest BCUT2D eigenvalue weighted by molar-refractivity contribution is 6.33. The number of hydrogen-bond acceptors (Lipinski definition) is 3. The van der Waals surface area contributed by atoms with Crippen molar-refractivity contribution in [3.8, 4) is 0 Å². The Morgan fingerprint density at radius 2 is 1.89 bits per heavy atom. The smallest absolute Gasteiger partial charge is 0.336 e. The number of carbonyl (C=O) groups is 1. The Morgan fingerprint density at radius 1 is 1.32 bits per heavy atom. The molecule has 0 aliphatic heterocycles. The molecule has 4 nitrogen and oxygen atoms in total. The predicted molar refractivity (Wildman–Crippen MR) is 78.8 cm³/mol. The van der Waals surface area contributed by atoms with Gasteiger partial charge in [-0.2, -0.15) is 0 Å². The average molecular weight is 285 g/mol. The number of rotatable bonds is 6. The zero-order valence-electron chi connectivity index (χ0n) is 11.7. The molecule has 0 bridgehead atoms. The van der Waals surface area contributed by atoms with Crippen LogP contribution in [0.5, 0.6) is 0 Å². The summed E-state index contributed by atoms with van der Waals surface area (Å²) in [6.07, 6.45) is 0.625. The van der Waals surface area contributed by atoms with Crippen LogP contribution in [0.15, 0.2) is 6.07 Å². The fourth-order valence-electron chi connectivity index (χ4n) is 2.21. The van der Waals surface area contributed by atoms with Gasteiger partial charge in [-0.3, -0.25) is 4.90 Å². The molecule has 106 valence electrons. The van der Waals surface area contributed by atoms with Crippen LogP contribution >= 0.6 is 11.6 Å². The summed E-state index contributed by atoms with van der Waals surface area (Å²) in [4.78, 5) is 13.5. The predicted octanol–water partition coefficient (Wildman–Crippen LogP) is 3.02. The third kappa shape index (κ3) is 3.39. The van der Waals surface area contributed by atoms with Crippen molar-refractivity contribution >= 4 is 23.3 Å². The molecule has 0 atom stereocenters. The van der Waals surface area contributed by atoms with Gasteiger partial charge in [-0.05, 0) is 36.7 Å². The highest BCUT2D eigenvalue weighted by Gasteiger charge is 2.19. The van der Waals surface area contributed by atoms with E-state index in [-0.39, 0.29) is 5.56 Å². The first-order valence-corrected chi connectivity index (χ1v) is 6.89. The quantitative estimate of drug-likeness (QED) is 0.788. The highest BCUT2D eigenvalue weighted by atomic mass is 35.5. The van der Waals surface area contributed by atoms with Crippen LogP contribution in [-0.4, -0.2) is 29.1 Å². The molecule has 0 amide bonds. The summed E-state index contributed by atoms with van der Waals surface area (Å²) in [5.41, 5.74) is 8.41. The van der Waals surface area contributed by atoms with Gasteiger partial charge in [0.2, 0.25) is 0 Å². The standard InChI is InChI=1S/C14H21ClN2O2/c1-4-9-10(14(18)19)7-12(15)13(16)11(9)8-17(5-2)6-3/h7H,4-6,8,16H2,1-3H3,(H,18,19). The first-order chi connectivity index (χ1) is 8.96. The summed E-state index contributed by atoms with van der Waals surface area (Å²) in [6.45, 7) is 8.45. The minimum absolute atomic E-state index is 0.254. The molecule has 1 aromatic carbocycles. The molecule has 0 aliphatic rings. The first-order valence-electron chi connectivity index (χ1n) is 6.51. The lowest BCUT2D eigenvalue weighted by Gasteiger charge is -2.23. The molecule has 0 saturated carbocycles. The molecule has 0 radical (unpaired) electrons. The van der Waals surface area contributed by atoms with Crippen molar-refractivity contribution < 1.29 is 9.90 Å². The topological polar surface area (TPSA) is 66.6 Å². The van der Waals surface area contributed by atoms with E-state index in [1.54, 1.807) is 0 Å². The minimum atomic E-state index is -0.959. The Bertz CT molecular complexity index is 471. The zero-order chi connectivity index (χ0) is 14.6. The fraction of sp³-hybridized carbons (Fsp3) is 0.500. The number of hydrogen-bond donors (Lipinski definition) is 2. The van der Waals surface area contributed by atoms with Crippen LogP contribution in [0.2, 0.25) is 5.02 Å². The van der Waals surface area contributed by atoms with Crippen LogP contribution in [0, 0.1) is 0 Å². The molecular formula is C14H21ClN2O2. The molecular weight excluding hydrogens is 264 g/mol. The molecule has 0 fully saturated rings. The average Bonchev–Trinajstić information content (AvgIpc) is 2.39. The highest BCUT2D eigenvalue weighted by Crippen LogP contribution is 2.31. The zero-order valence-corrected chi connectivity index (χ0v) is 12.4. The van der Waals surface area contributed by atoms with Crippen LogP contribution in [0.4, 0.5) is 5.69 Å². The van der Waals surface area contributed by atoms with Gasteiger partial charge in [-0.25, -0.2) is 4.79 Å². The van der Waals surface area contributed by atoms with Crippen molar-refractivity contribution in [2.24, 2.45) is 0 Å². The summed E-state index contributed by atoms with van der Waals surface area (Å²) in [7, 11) is 0. The maximum absolute atomic E-state index is 11.3. The van der Waals surface area contributed by atoms with Gasteiger partial charge in [0.25, 0.3) is 0 Å². The van der Waals surface area contributed by atoms with Gasteiger partial charge >= 0.3 is 5.97 Å². The lowest BCUT2D eigenvalue weighted by Crippen LogP contribution is -2.24. The Hall–Kier alpha value is -1.26. The molecule has 1 aromatic rings. The van der Waals surface area contributed by atoms with E-state index >= 15 is 0 Å². The van der Waals surface area contributed by atoms with E-state index < -0.39 is 5.97 Å². The monoisotopic (exact) mass is 284 g/mol. The van der Waals surface area contributed by atoms with Crippen LogP contribution in [0.1, 0.15) is 42.3 Å². The largest absolute Gasteiger partial charge is 0.478 e. The second-order valence-electron chi connectivity index (χ2n) is 4.40. The van der Waals surface area contributed by atoms with E-state index in [0.29, 0.717) is 23.7 Å². The molecule has 3 N–H and O–H groups in total. The number of anilines is 1. The maximum Gasteiger partial charge on any atom is 0.336 e. The molecule has 0 heterocycles. The SMILES string of the molecule is CCc1c(C(=O)O)cc(Cl)c(N)c1CN(CC)CC. The fourth-order valence-corrected chi connectivity index (χ4v) is 2.43. The third-order valence-electron chi connectivity index (χ3n) is 3.40. The van der Waals surface area contributed by atoms with Crippen LogP contribution in [0.25, 0.3) is 0 Å². The maximum atomic E-state index is 11.3. The van der Waals surface area contributed by atoms with Gasteiger partial charge in [-0.1, -0.05) is 32.4 Å². The van der Waals surface area contributed by atoms with Gasteiger partial charge in [0.1, 0.15) is 0 Å².